The van der Waals surface area contributed by atoms with E-state index in [-0.39, 0.29) is 12.2 Å². The molecule has 0 heterocycles. The first-order valence-corrected chi connectivity index (χ1v) is 6.31. The van der Waals surface area contributed by atoms with E-state index in [0.29, 0.717) is 10.8 Å². The van der Waals surface area contributed by atoms with Crippen molar-refractivity contribution in [1.29, 1.82) is 0 Å². The van der Waals surface area contributed by atoms with Crippen molar-refractivity contribution < 1.29 is 19.0 Å². The Kier molecular flexibility index (Phi) is 4.58. The minimum atomic E-state index is -1.14. The highest BCUT2D eigenvalue weighted by atomic mass is 35.5. The molecule has 0 aliphatic heterocycles. The maximum absolute atomic E-state index is 13.6. The van der Waals surface area contributed by atoms with Crippen LogP contribution in [0.3, 0.4) is 0 Å². The number of carboxylic acids is 1. The topological polar surface area (TPSA) is 46.5 Å². The van der Waals surface area contributed by atoms with E-state index in [9.17, 15) is 14.3 Å². The molecule has 2 aromatic carbocycles. The fraction of sp³-hybridized carbons (Fsp3) is 0.133. The number of hydrogen-bond acceptors (Lipinski definition) is 2. The van der Waals surface area contributed by atoms with Crippen LogP contribution in [-0.2, 0) is 4.79 Å². The maximum atomic E-state index is 13.6. The monoisotopic (exact) mass is 294 g/mol. The van der Waals surface area contributed by atoms with Gasteiger partial charge >= 0.3 is 5.97 Å². The standard InChI is InChI=1S/C15H12ClFO3/c16-10-4-3-5-11(8-10)20-9-13(15(18)19)12-6-1-2-7-14(12)17/h1-8,13H,9H2,(H,18,19). The lowest BCUT2D eigenvalue weighted by Crippen LogP contribution is -2.20. The molecule has 0 spiro atoms. The van der Waals surface area contributed by atoms with Gasteiger partial charge in [-0.1, -0.05) is 35.9 Å². The van der Waals surface area contributed by atoms with Gasteiger partial charge in [0.15, 0.2) is 0 Å². The Bertz CT molecular complexity index is 616. The summed E-state index contributed by atoms with van der Waals surface area (Å²) in [5.74, 6) is -2.33. The third kappa shape index (κ3) is 3.48. The van der Waals surface area contributed by atoms with E-state index < -0.39 is 17.7 Å². The predicted molar refractivity (Wildman–Crippen MR) is 73.7 cm³/mol. The molecule has 20 heavy (non-hydrogen) atoms. The summed E-state index contributed by atoms with van der Waals surface area (Å²) in [7, 11) is 0. The highest BCUT2D eigenvalue weighted by molar-refractivity contribution is 6.30. The van der Waals surface area contributed by atoms with Crippen LogP contribution in [0, 0.1) is 5.82 Å². The fourth-order valence-electron chi connectivity index (χ4n) is 1.79. The van der Waals surface area contributed by atoms with Crippen LogP contribution in [0.25, 0.3) is 0 Å². The zero-order valence-corrected chi connectivity index (χ0v) is 11.2. The first-order chi connectivity index (χ1) is 9.58. The SMILES string of the molecule is O=C(O)C(COc1cccc(Cl)c1)c1ccccc1F. The first kappa shape index (κ1) is 14.3. The molecule has 0 aliphatic carbocycles. The summed E-state index contributed by atoms with van der Waals surface area (Å²) in [6.45, 7) is -0.170. The smallest absolute Gasteiger partial charge is 0.314 e. The van der Waals surface area contributed by atoms with Gasteiger partial charge in [0, 0.05) is 10.6 Å². The molecular formula is C15H12ClFO3. The molecule has 0 amide bonds. The highest BCUT2D eigenvalue weighted by Gasteiger charge is 2.23. The zero-order valence-electron chi connectivity index (χ0n) is 10.4. The van der Waals surface area contributed by atoms with Gasteiger partial charge in [-0.2, -0.15) is 0 Å². The van der Waals surface area contributed by atoms with E-state index >= 15 is 0 Å². The zero-order chi connectivity index (χ0) is 14.5. The largest absolute Gasteiger partial charge is 0.492 e. The Morgan fingerprint density at radius 2 is 2.00 bits per heavy atom. The van der Waals surface area contributed by atoms with Gasteiger partial charge < -0.3 is 9.84 Å². The molecule has 0 bridgehead atoms. The molecule has 3 nitrogen and oxygen atoms in total. The maximum Gasteiger partial charge on any atom is 0.314 e. The number of carboxylic acid groups (broad SMARTS) is 1. The molecule has 104 valence electrons. The molecular weight excluding hydrogens is 283 g/mol. The number of benzene rings is 2. The van der Waals surface area contributed by atoms with Crippen LogP contribution in [0.4, 0.5) is 4.39 Å². The second-order valence-corrected chi connectivity index (χ2v) is 4.62. The Morgan fingerprint density at radius 1 is 1.25 bits per heavy atom. The fourth-order valence-corrected chi connectivity index (χ4v) is 1.97. The van der Waals surface area contributed by atoms with Gasteiger partial charge in [-0.05, 0) is 24.3 Å². The Labute approximate surface area is 120 Å². The number of halogens is 2. The number of carbonyl (C=O) groups is 1. The second-order valence-electron chi connectivity index (χ2n) is 4.18. The molecule has 0 saturated heterocycles. The van der Waals surface area contributed by atoms with E-state index in [1.807, 2.05) is 0 Å². The van der Waals surface area contributed by atoms with Gasteiger partial charge in [-0.3, -0.25) is 4.79 Å². The molecule has 1 N–H and O–H groups in total. The molecule has 0 saturated carbocycles. The molecule has 1 unspecified atom stereocenters. The summed E-state index contributed by atoms with van der Waals surface area (Å²) in [6.07, 6.45) is 0. The molecule has 2 aromatic rings. The van der Waals surface area contributed by atoms with Crippen LogP contribution in [-0.4, -0.2) is 17.7 Å². The average Bonchev–Trinajstić information content (AvgIpc) is 2.40. The molecule has 5 heteroatoms. The minimum Gasteiger partial charge on any atom is -0.492 e. The normalized spacial score (nSPS) is 11.9. The molecule has 2 rings (SSSR count). The lowest BCUT2D eigenvalue weighted by Gasteiger charge is -2.15. The summed E-state index contributed by atoms with van der Waals surface area (Å²) >= 11 is 5.81. The number of ether oxygens (including phenoxy) is 1. The van der Waals surface area contributed by atoms with Crippen LogP contribution in [0.1, 0.15) is 11.5 Å². The van der Waals surface area contributed by atoms with Crippen LogP contribution < -0.4 is 4.74 Å². The lowest BCUT2D eigenvalue weighted by atomic mass is 10.00. The van der Waals surface area contributed by atoms with Crippen LogP contribution in [0.15, 0.2) is 48.5 Å². The molecule has 0 aromatic heterocycles. The van der Waals surface area contributed by atoms with Crippen LogP contribution >= 0.6 is 11.6 Å². The van der Waals surface area contributed by atoms with Crippen molar-refractivity contribution in [2.45, 2.75) is 5.92 Å². The van der Waals surface area contributed by atoms with Crippen molar-refractivity contribution in [3.05, 3.63) is 64.9 Å². The number of aliphatic carboxylic acids is 1. The quantitative estimate of drug-likeness (QED) is 0.914. The summed E-state index contributed by atoms with van der Waals surface area (Å²) in [4.78, 5) is 11.3. The van der Waals surface area contributed by atoms with Crippen molar-refractivity contribution in [2.24, 2.45) is 0 Å². The summed E-state index contributed by atoms with van der Waals surface area (Å²) in [5.41, 5.74) is 0.0991. The van der Waals surface area contributed by atoms with Gasteiger partial charge in [0.2, 0.25) is 0 Å². The Morgan fingerprint density at radius 3 is 2.65 bits per heavy atom. The number of rotatable bonds is 5. The van der Waals surface area contributed by atoms with E-state index in [1.165, 1.54) is 18.2 Å². The minimum absolute atomic E-state index is 0.0991. The lowest BCUT2D eigenvalue weighted by molar-refractivity contribution is -0.139. The number of hydrogen-bond donors (Lipinski definition) is 1. The van der Waals surface area contributed by atoms with Gasteiger partial charge in [-0.25, -0.2) is 4.39 Å². The molecule has 0 radical (unpaired) electrons. The molecule has 0 aliphatic rings. The van der Waals surface area contributed by atoms with Crippen molar-refractivity contribution >= 4 is 17.6 Å². The summed E-state index contributed by atoms with van der Waals surface area (Å²) in [6, 6.07) is 12.4. The van der Waals surface area contributed by atoms with Crippen LogP contribution in [0.5, 0.6) is 5.75 Å². The van der Waals surface area contributed by atoms with E-state index in [2.05, 4.69) is 0 Å². The summed E-state index contributed by atoms with van der Waals surface area (Å²) in [5, 5.41) is 9.70. The van der Waals surface area contributed by atoms with Gasteiger partial charge in [0.1, 0.15) is 24.1 Å². The van der Waals surface area contributed by atoms with Gasteiger partial charge in [0.25, 0.3) is 0 Å². The third-order valence-electron chi connectivity index (χ3n) is 2.79. The van der Waals surface area contributed by atoms with Crippen molar-refractivity contribution in [3.8, 4) is 5.75 Å². The van der Waals surface area contributed by atoms with E-state index in [0.717, 1.165) is 0 Å². The Balaban J connectivity index is 2.15. The second kappa shape index (κ2) is 6.39. The van der Waals surface area contributed by atoms with Crippen molar-refractivity contribution in [3.63, 3.8) is 0 Å². The molecule has 1 atom stereocenters. The van der Waals surface area contributed by atoms with E-state index in [1.54, 1.807) is 30.3 Å². The van der Waals surface area contributed by atoms with Gasteiger partial charge in [0.05, 0.1) is 0 Å². The van der Waals surface area contributed by atoms with Crippen LogP contribution in [0.2, 0.25) is 5.02 Å². The Hall–Kier alpha value is -2.07. The van der Waals surface area contributed by atoms with Crippen molar-refractivity contribution in [2.75, 3.05) is 6.61 Å². The van der Waals surface area contributed by atoms with E-state index in [4.69, 9.17) is 16.3 Å². The third-order valence-corrected chi connectivity index (χ3v) is 3.03. The summed E-state index contributed by atoms with van der Waals surface area (Å²) < 4.78 is 19.0. The predicted octanol–water partition coefficient (Wildman–Crippen LogP) is 3.73. The first-order valence-electron chi connectivity index (χ1n) is 5.93. The highest BCUT2D eigenvalue weighted by Crippen LogP contribution is 2.23. The van der Waals surface area contributed by atoms with Gasteiger partial charge in [-0.15, -0.1) is 0 Å². The molecule has 0 fully saturated rings. The average molecular weight is 295 g/mol. The van der Waals surface area contributed by atoms with Crippen molar-refractivity contribution in [1.82, 2.24) is 0 Å².